The molecule has 30 heavy (non-hydrogen) atoms. The predicted molar refractivity (Wildman–Crippen MR) is 132 cm³/mol. The molecule has 156 valence electrons. The summed E-state index contributed by atoms with van der Waals surface area (Å²) >= 11 is 15.2. The summed E-state index contributed by atoms with van der Waals surface area (Å²) in [7, 11) is -1.05. The van der Waals surface area contributed by atoms with Crippen LogP contribution in [-0.2, 0) is 35.2 Å². The molecule has 2 unspecified atom stereocenters. The summed E-state index contributed by atoms with van der Waals surface area (Å²) in [5.74, 6) is 0.437. The van der Waals surface area contributed by atoms with Crippen LogP contribution < -0.4 is 0 Å². The summed E-state index contributed by atoms with van der Waals surface area (Å²) in [5.41, 5.74) is 13.2. The van der Waals surface area contributed by atoms with Crippen LogP contribution >= 0.6 is 23.2 Å². The van der Waals surface area contributed by atoms with Gasteiger partial charge in [0.25, 0.3) is 0 Å². The third kappa shape index (κ3) is 3.24. The van der Waals surface area contributed by atoms with Gasteiger partial charge in [0.15, 0.2) is 0 Å². The first-order valence-corrected chi connectivity index (χ1v) is 12.7. The summed E-state index contributed by atoms with van der Waals surface area (Å²) in [6, 6.07) is 13.1. The van der Waals surface area contributed by atoms with E-state index in [1.807, 2.05) is 0 Å². The van der Waals surface area contributed by atoms with Crippen LogP contribution in [0, 0.1) is 19.8 Å². The zero-order valence-corrected chi connectivity index (χ0v) is 24.4. The van der Waals surface area contributed by atoms with Crippen molar-refractivity contribution in [3.63, 3.8) is 0 Å². The van der Waals surface area contributed by atoms with E-state index in [-0.39, 0.29) is 26.2 Å². The smallest absolute Gasteiger partial charge is 0.0923 e. The van der Waals surface area contributed by atoms with Crippen molar-refractivity contribution in [3.8, 4) is 0 Å². The molecular weight excluding hydrogens is 503 g/mol. The van der Waals surface area contributed by atoms with Crippen molar-refractivity contribution in [1.29, 1.82) is 0 Å². The Labute approximate surface area is 213 Å². The van der Waals surface area contributed by atoms with E-state index in [1.165, 1.54) is 55.7 Å². The fourth-order valence-corrected chi connectivity index (χ4v) is 10.2. The van der Waals surface area contributed by atoms with E-state index < -0.39 is 18.5 Å². The van der Waals surface area contributed by atoms with Crippen molar-refractivity contribution in [1.82, 2.24) is 0 Å². The molecule has 4 rings (SSSR count). The Kier molecular flexibility index (Phi) is 6.61. The predicted octanol–water partition coefficient (Wildman–Crippen LogP) is 7.20. The average molecular weight is 533 g/mol. The van der Waals surface area contributed by atoms with Gasteiger partial charge in [0, 0.05) is 26.2 Å². The van der Waals surface area contributed by atoms with Crippen LogP contribution in [-0.4, -0.2) is 9.52 Å². The molecule has 0 aromatic heterocycles. The van der Waals surface area contributed by atoms with Crippen molar-refractivity contribution in [2.24, 2.45) is 5.92 Å². The Hall–Kier alpha value is -0.400. The SMILES string of the molecule is CC1=C(C)C(Cl)([SiH2]C2(Cl)C(C)=C(C(C)C)c3c(C)cccc32)c2cccc(C)c21.[Zr]. The van der Waals surface area contributed by atoms with Crippen LogP contribution in [0.25, 0.3) is 11.1 Å². The van der Waals surface area contributed by atoms with Gasteiger partial charge in [-0.05, 0) is 96.2 Å². The summed E-state index contributed by atoms with van der Waals surface area (Å²) < 4.78 is -0.919. The third-order valence-corrected chi connectivity index (χ3v) is 11.8. The monoisotopic (exact) mass is 530 g/mol. The first-order chi connectivity index (χ1) is 13.5. The van der Waals surface area contributed by atoms with Crippen molar-refractivity contribution < 1.29 is 26.2 Å². The molecule has 0 radical (unpaired) electrons. The minimum atomic E-state index is -1.05. The number of hydrogen-bond donors (Lipinski definition) is 0. The largest absolute Gasteiger partial charge is 0.114 e. The van der Waals surface area contributed by atoms with E-state index in [0.717, 1.165) is 0 Å². The van der Waals surface area contributed by atoms with Gasteiger partial charge in [0.1, 0.15) is 0 Å². The third-order valence-electron chi connectivity index (χ3n) is 7.26. The Bertz CT molecular complexity index is 1100. The number of rotatable bonds is 3. The molecule has 0 amide bonds. The summed E-state index contributed by atoms with van der Waals surface area (Å²) in [4.78, 5) is 0. The van der Waals surface area contributed by atoms with Gasteiger partial charge in [-0.2, -0.15) is 0 Å². The van der Waals surface area contributed by atoms with Crippen molar-refractivity contribution in [2.75, 3.05) is 0 Å². The number of alkyl halides is 2. The molecule has 2 aromatic rings. The van der Waals surface area contributed by atoms with Crippen molar-refractivity contribution in [2.45, 2.75) is 57.5 Å². The molecule has 2 atom stereocenters. The molecule has 4 heteroatoms. The molecule has 0 aliphatic heterocycles. The molecule has 0 bridgehead atoms. The molecule has 0 fully saturated rings. The fourth-order valence-electron chi connectivity index (χ4n) is 5.65. The molecular formula is C26H30Cl2SiZr. The molecule has 2 aliphatic carbocycles. The maximum Gasteiger partial charge on any atom is 0.0923 e. The molecule has 0 saturated carbocycles. The second-order valence-electron chi connectivity index (χ2n) is 9.22. The topological polar surface area (TPSA) is 0 Å². The van der Waals surface area contributed by atoms with Crippen LogP contribution in [0.2, 0.25) is 0 Å². The quantitative estimate of drug-likeness (QED) is 0.290. The van der Waals surface area contributed by atoms with E-state index >= 15 is 0 Å². The fraction of sp³-hybridized carbons (Fsp3) is 0.385. The average Bonchev–Trinajstić information content (AvgIpc) is 2.99. The first kappa shape index (κ1) is 24.2. The number of aryl methyl sites for hydroxylation is 2. The number of hydrogen-bond acceptors (Lipinski definition) is 0. The molecule has 2 aliphatic rings. The molecule has 0 heterocycles. The van der Waals surface area contributed by atoms with E-state index in [4.69, 9.17) is 23.2 Å². The van der Waals surface area contributed by atoms with Crippen LogP contribution in [0.3, 0.4) is 0 Å². The maximum absolute atomic E-state index is 7.65. The Morgan fingerprint density at radius 1 is 0.733 bits per heavy atom. The van der Waals surface area contributed by atoms with Gasteiger partial charge < -0.3 is 0 Å². The second kappa shape index (κ2) is 8.18. The number of fused-ring (bicyclic) bond motifs is 2. The van der Waals surface area contributed by atoms with Crippen LogP contribution in [0.5, 0.6) is 0 Å². The van der Waals surface area contributed by atoms with Gasteiger partial charge in [-0.1, -0.05) is 50.2 Å². The van der Waals surface area contributed by atoms with Gasteiger partial charge >= 0.3 is 0 Å². The Morgan fingerprint density at radius 3 is 1.73 bits per heavy atom. The molecule has 0 nitrogen and oxygen atoms in total. The van der Waals surface area contributed by atoms with Gasteiger partial charge in [0.05, 0.1) is 18.5 Å². The van der Waals surface area contributed by atoms with Crippen LogP contribution in [0.15, 0.2) is 47.5 Å². The van der Waals surface area contributed by atoms with E-state index in [9.17, 15) is 0 Å². The molecule has 0 spiro atoms. The normalized spacial score (nSPS) is 25.4. The van der Waals surface area contributed by atoms with E-state index in [2.05, 4.69) is 84.9 Å². The van der Waals surface area contributed by atoms with Crippen LogP contribution in [0.1, 0.15) is 68.0 Å². The Balaban J connectivity index is 0.00000256. The maximum atomic E-state index is 7.65. The minimum absolute atomic E-state index is 0. The van der Waals surface area contributed by atoms with Gasteiger partial charge in [-0.3, -0.25) is 0 Å². The van der Waals surface area contributed by atoms with E-state index in [0.29, 0.717) is 5.92 Å². The van der Waals surface area contributed by atoms with Gasteiger partial charge in [-0.25, -0.2) is 0 Å². The minimum Gasteiger partial charge on any atom is -0.114 e. The number of allylic oxidation sites excluding steroid dienone is 4. The van der Waals surface area contributed by atoms with E-state index in [1.54, 1.807) is 0 Å². The number of benzene rings is 2. The zero-order valence-electron chi connectivity index (χ0n) is 19.0. The van der Waals surface area contributed by atoms with Gasteiger partial charge in [-0.15, -0.1) is 23.2 Å². The molecule has 0 saturated heterocycles. The standard InChI is InChI=1S/C26H30Cl2Si.Zr/c1-14(2)22-19(7)26(28,21-13-9-11-16(4)24(21)22)29-25(27)18(6)17(5)23-15(3)10-8-12-20(23)25;/h8-14H,29H2,1-7H3;. The first-order valence-electron chi connectivity index (χ1n) is 10.5. The molecule has 2 aromatic carbocycles. The summed E-state index contributed by atoms with van der Waals surface area (Å²) in [5, 5.41) is 0. The number of halogens is 2. The summed E-state index contributed by atoms with van der Waals surface area (Å²) in [6.07, 6.45) is 0. The Morgan fingerprint density at radius 2 is 1.20 bits per heavy atom. The van der Waals surface area contributed by atoms with Gasteiger partial charge in [0.2, 0.25) is 0 Å². The van der Waals surface area contributed by atoms with Crippen molar-refractivity contribution >= 4 is 43.9 Å². The van der Waals surface area contributed by atoms with Crippen molar-refractivity contribution in [3.05, 3.63) is 80.9 Å². The molecule has 0 N–H and O–H groups in total. The second-order valence-corrected chi connectivity index (χ2v) is 13.9. The van der Waals surface area contributed by atoms with Crippen LogP contribution in [0.4, 0.5) is 0 Å². The zero-order chi connectivity index (χ0) is 21.3. The summed E-state index contributed by atoms with van der Waals surface area (Å²) in [6.45, 7) is 15.6.